The van der Waals surface area contributed by atoms with Gasteiger partial charge >= 0.3 is 0 Å². The van der Waals surface area contributed by atoms with Crippen LogP contribution in [0.25, 0.3) is 11.1 Å². The van der Waals surface area contributed by atoms with E-state index in [0.717, 1.165) is 55.2 Å². The average Bonchev–Trinajstić information content (AvgIpc) is 2.82. The number of rotatable bonds is 2. The fraction of sp³-hybridized carbons (Fsp3) is 0.444. The Morgan fingerprint density at radius 3 is 2.64 bits per heavy atom. The molecule has 4 heterocycles. The second kappa shape index (κ2) is 6.31. The molecule has 4 rings (SSSR count). The molecule has 0 amide bonds. The highest BCUT2D eigenvalue weighted by Gasteiger charge is 2.22. The van der Waals surface area contributed by atoms with Crippen LogP contribution in [0.2, 0.25) is 0 Å². The SMILES string of the molecule is Cc1cc(N2CCCN(c3nc(C)nc4onc(C)c34)CC2)ccn1. The molecular formula is C18H22N6O. The van der Waals surface area contributed by atoms with Gasteiger partial charge in [0.25, 0.3) is 5.71 Å². The molecule has 0 bridgehead atoms. The maximum absolute atomic E-state index is 5.35. The van der Waals surface area contributed by atoms with Gasteiger partial charge in [-0.3, -0.25) is 4.98 Å². The minimum absolute atomic E-state index is 0.575. The lowest BCUT2D eigenvalue weighted by atomic mass is 10.2. The van der Waals surface area contributed by atoms with Crippen molar-refractivity contribution in [2.24, 2.45) is 0 Å². The Hall–Kier alpha value is -2.70. The van der Waals surface area contributed by atoms with Gasteiger partial charge in [0.1, 0.15) is 17.0 Å². The average molecular weight is 338 g/mol. The minimum atomic E-state index is 0.575. The summed E-state index contributed by atoms with van der Waals surface area (Å²) in [5.74, 6) is 1.65. The van der Waals surface area contributed by atoms with Gasteiger partial charge in [-0.15, -0.1) is 0 Å². The molecule has 1 fully saturated rings. The molecule has 0 atom stereocenters. The fourth-order valence-electron chi connectivity index (χ4n) is 3.42. The summed E-state index contributed by atoms with van der Waals surface area (Å²) in [5, 5.41) is 5.00. The molecule has 0 aliphatic carbocycles. The molecule has 1 aliphatic heterocycles. The summed E-state index contributed by atoms with van der Waals surface area (Å²) in [4.78, 5) is 18.1. The second-order valence-electron chi connectivity index (χ2n) is 6.53. The number of fused-ring (bicyclic) bond motifs is 1. The molecule has 25 heavy (non-hydrogen) atoms. The van der Waals surface area contributed by atoms with Gasteiger partial charge in [0.15, 0.2) is 0 Å². The predicted octanol–water partition coefficient (Wildman–Crippen LogP) is 2.65. The second-order valence-corrected chi connectivity index (χ2v) is 6.53. The van der Waals surface area contributed by atoms with E-state index in [4.69, 9.17) is 9.51 Å². The number of aryl methyl sites for hydroxylation is 3. The molecule has 0 radical (unpaired) electrons. The quantitative estimate of drug-likeness (QED) is 0.711. The third kappa shape index (κ3) is 3.01. The van der Waals surface area contributed by atoms with E-state index in [1.807, 2.05) is 27.0 Å². The maximum Gasteiger partial charge on any atom is 0.263 e. The first-order valence-corrected chi connectivity index (χ1v) is 8.65. The summed E-state index contributed by atoms with van der Waals surface area (Å²) < 4.78 is 5.35. The van der Waals surface area contributed by atoms with Gasteiger partial charge in [-0.05, 0) is 39.3 Å². The van der Waals surface area contributed by atoms with E-state index in [0.29, 0.717) is 11.5 Å². The zero-order valence-electron chi connectivity index (χ0n) is 14.9. The Bertz CT molecular complexity index is 906. The molecule has 3 aromatic rings. The topological polar surface area (TPSA) is 71.2 Å². The summed E-state index contributed by atoms with van der Waals surface area (Å²) >= 11 is 0. The van der Waals surface area contributed by atoms with Crippen LogP contribution in [0.5, 0.6) is 0 Å². The number of hydrogen-bond acceptors (Lipinski definition) is 7. The summed E-state index contributed by atoms with van der Waals surface area (Å²) in [5.41, 5.74) is 3.70. The van der Waals surface area contributed by atoms with Crippen LogP contribution in [0.3, 0.4) is 0 Å². The largest absolute Gasteiger partial charge is 0.370 e. The van der Waals surface area contributed by atoms with Crippen molar-refractivity contribution in [2.75, 3.05) is 36.0 Å². The van der Waals surface area contributed by atoms with Crippen molar-refractivity contribution in [1.82, 2.24) is 20.1 Å². The predicted molar refractivity (Wildman–Crippen MR) is 97.1 cm³/mol. The van der Waals surface area contributed by atoms with Gasteiger partial charge in [0.05, 0.1) is 5.69 Å². The van der Waals surface area contributed by atoms with Crippen LogP contribution in [0, 0.1) is 20.8 Å². The van der Waals surface area contributed by atoms with Gasteiger partial charge in [0.2, 0.25) is 0 Å². The van der Waals surface area contributed by atoms with Crippen LogP contribution in [0.4, 0.5) is 11.5 Å². The van der Waals surface area contributed by atoms with Crippen LogP contribution in [-0.2, 0) is 0 Å². The van der Waals surface area contributed by atoms with Crippen molar-refractivity contribution in [2.45, 2.75) is 27.2 Å². The summed E-state index contributed by atoms with van der Waals surface area (Å²) in [6.07, 6.45) is 2.95. The molecule has 0 spiro atoms. The molecular weight excluding hydrogens is 316 g/mol. The molecule has 7 heteroatoms. The Morgan fingerprint density at radius 2 is 1.80 bits per heavy atom. The van der Waals surface area contributed by atoms with Gasteiger partial charge < -0.3 is 14.3 Å². The summed E-state index contributed by atoms with van der Waals surface area (Å²) in [7, 11) is 0. The highest BCUT2D eigenvalue weighted by Crippen LogP contribution is 2.28. The summed E-state index contributed by atoms with van der Waals surface area (Å²) in [6.45, 7) is 9.69. The highest BCUT2D eigenvalue weighted by molar-refractivity contribution is 5.88. The monoisotopic (exact) mass is 338 g/mol. The van der Waals surface area contributed by atoms with Gasteiger partial charge in [0, 0.05) is 43.8 Å². The lowest BCUT2D eigenvalue weighted by Gasteiger charge is -2.24. The lowest BCUT2D eigenvalue weighted by molar-refractivity contribution is 0.442. The Kier molecular flexibility index (Phi) is 3.99. The molecule has 0 saturated carbocycles. The van der Waals surface area contributed by atoms with E-state index in [2.05, 4.69) is 37.1 Å². The van der Waals surface area contributed by atoms with Crippen LogP contribution in [0.15, 0.2) is 22.9 Å². The summed E-state index contributed by atoms with van der Waals surface area (Å²) in [6, 6.07) is 4.23. The van der Waals surface area contributed by atoms with E-state index in [9.17, 15) is 0 Å². The first kappa shape index (κ1) is 15.8. The van der Waals surface area contributed by atoms with Crippen molar-refractivity contribution in [3.63, 3.8) is 0 Å². The standard InChI is InChI=1S/C18H22N6O/c1-12-11-15(5-6-19-12)23-7-4-8-24(10-9-23)17-16-13(2)22-25-18(16)21-14(3)20-17/h5-6,11H,4,7-10H2,1-3H3. The number of pyridine rings is 1. The Morgan fingerprint density at radius 1 is 1.00 bits per heavy atom. The Balaban J connectivity index is 1.62. The maximum atomic E-state index is 5.35. The van der Waals surface area contributed by atoms with Crippen LogP contribution < -0.4 is 9.80 Å². The zero-order valence-corrected chi connectivity index (χ0v) is 14.9. The minimum Gasteiger partial charge on any atom is -0.370 e. The number of nitrogens with zero attached hydrogens (tertiary/aromatic N) is 6. The Labute approximate surface area is 146 Å². The van der Waals surface area contributed by atoms with E-state index >= 15 is 0 Å². The molecule has 0 N–H and O–H groups in total. The van der Waals surface area contributed by atoms with Crippen LogP contribution in [0.1, 0.15) is 23.6 Å². The third-order valence-electron chi connectivity index (χ3n) is 4.64. The van der Waals surface area contributed by atoms with E-state index in [1.54, 1.807) is 0 Å². The van der Waals surface area contributed by atoms with Gasteiger partial charge in [-0.1, -0.05) is 5.16 Å². The van der Waals surface area contributed by atoms with Crippen LogP contribution >= 0.6 is 0 Å². The van der Waals surface area contributed by atoms with Gasteiger partial charge in [-0.2, -0.15) is 4.98 Å². The lowest BCUT2D eigenvalue weighted by Crippen LogP contribution is -2.31. The van der Waals surface area contributed by atoms with Crippen LogP contribution in [-0.4, -0.2) is 46.3 Å². The number of hydrogen-bond donors (Lipinski definition) is 0. The van der Waals surface area contributed by atoms with Crippen molar-refractivity contribution in [3.8, 4) is 0 Å². The molecule has 1 aliphatic rings. The van der Waals surface area contributed by atoms with Gasteiger partial charge in [-0.25, -0.2) is 4.98 Å². The highest BCUT2D eigenvalue weighted by atomic mass is 16.5. The molecule has 0 aromatic carbocycles. The first-order chi connectivity index (χ1) is 12.1. The molecule has 130 valence electrons. The fourth-order valence-corrected chi connectivity index (χ4v) is 3.42. The van der Waals surface area contributed by atoms with Crippen molar-refractivity contribution < 1.29 is 4.52 Å². The van der Waals surface area contributed by atoms with E-state index < -0.39 is 0 Å². The molecule has 3 aromatic heterocycles. The van der Waals surface area contributed by atoms with Crippen molar-refractivity contribution in [1.29, 1.82) is 0 Å². The molecule has 1 saturated heterocycles. The normalized spacial score (nSPS) is 15.6. The van der Waals surface area contributed by atoms with Crippen molar-refractivity contribution >= 4 is 22.6 Å². The smallest absolute Gasteiger partial charge is 0.263 e. The van der Waals surface area contributed by atoms with E-state index in [1.165, 1.54) is 5.69 Å². The molecule has 7 nitrogen and oxygen atoms in total. The zero-order chi connectivity index (χ0) is 17.4. The third-order valence-corrected chi connectivity index (χ3v) is 4.64. The first-order valence-electron chi connectivity index (χ1n) is 8.65. The van der Waals surface area contributed by atoms with Crippen molar-refractivity contribution in [3.05, 3.63) is 35.5 Å². The molecule has 0 unspecified atom stereocenters. The van der Waals surface area contributed by atoms with E-state index in [-0.39, 0.29) is 0 Å². The number of anilines is 2. The number of aromatic nitrogens is 4.